The lowest BCUT2D eigenvalue weighted by molar-refractivity contribution is -0.250. The van der Waals surface area contributed by atoms with Crippen LogP contribution in [0.1, 0.15) is 27.7 Å². The molecule has 2 rings (SSSR count). The molecule has 0 amide bonds. The van der Waals surface area contributed by atoms with Crippen LogP contribution < -0.4 is 0 Å². The Morgan fingerprint density at radius 1 is 1.07 bits per heavy atom. The molecule has 0 bridgehead atoms. The average Bonchev–Trinajstić information content (AvgIpc) is 2.48. The van der Waals surface area contributed by atoms with Gasteiger partial charge in [-0.1, -0.05) is 6.92 Å². The monoisotopic (exact) mass is 216 g/mol. The fraction of sp³-hybridized carbons (Fsp3) is 1.00. The number of fused-ring (bicyclic) bond motifs is 1. The zero-order chi connectivity index (χ0) is 11.2. The van der Waals surface area contributed by atoms with E-state index in [1.807, 2.05) is 20.8 Å². The summed E-state index contributed by atoms with van der Waals surface area (Å²) in [4.78, 5) is 0. The first kappa shape index (κ1) is 11.3. The Bertz CT molecular complexity index is 233. The van der Waals surface area contributed by atoms with E-state index in [1.165, 1.54) is 0 Å². The smallest absolute Gasteiger partial charge is 0.186 e. The van der Waals surface area contributed by atoms with Gasteiger partial charge in [0, 0.05) is 13.0 Å². The van der Waals surface area contributed by atoms with Crippen LogP contribution in [-0.2, 0) is 18.9 Å². The summed E-state index contributed by atoms with van der Waals surface area (Å²) >= 11 is 0. The minimum Gasteiger partial charge on any atom is -0.353 e. The van der Waals surface area contributed by atoms with Crippen molar-refractivity contribution in [2.24, 2.45) is 5.92 Å². The number of hydrogen-bond donors (Lipinski definition) is 0. The summed E-state index contributed by atoms with van der Waals surface area (Å²) in [6, 6.07) is 0. The molecule has 2 aliphatic heterocycles. The average molecular weight is 216 g/mol. The van der Waals surface area contributed by atoms with E-state index in [4.69, 9.17) is 18.9 Å². The normalized spacial score (nSPS) is 49.0. The molecule has 15 heavy (non-hydrogen) atoms. The van der Waals surface area contributed by atoms with Crippen molar-refractivity contribution in [1.29, 1.82) is 0 Å². The summed E-state index contributed by atoms with van der Waals surface area (Å²) in [7, 11) is 1.64. The lowest BCUT2D eigenvalue weighted by atomic mass is 9.92. The van der Waals surface area contributed by atoms with Crippen molar-refractivity contribution < 1.29 is 18.9 Å². The standard InChI is InChI=1S/C11H20O4/c1-6-7(2)13-10(12-5)9-8(6)14-11(3,4)15-9/h6-10H,1-5H3/t6-,7-,8+,9+,10+/m0/s1. The van der Waals surface area contributed by atoms with E-state index in [0.29, 0.717) is 5.92 Å². The summed E-state index contributed by atoms with van der Waals surface area (Å²) in [6.07, 6.45) is -0.235. The van der Waals surface area contributed by atoms with Gasteiger partial charge in [-0.3, -0.25) is 0 Å². The molecular formula is C11H20O4. The lowest BCUT2D eigenvalue weighted by Gasteiger charge is -2.38. The second-order valence-electron chi connectivity index (χ2n) is 4.87. The fourth-order valence-electron chi connectivity index (χ4n) is 2.30. The fourth-order valence-corrected chi connectivity index (χ4v) is 2.30. The van der Waals surface area contributed by atoms with Crippen LogP contribution in [0.3, 0.4) is 0 Å². The van der Waals surface area contributed by atoms with Gasteiger partial charge in [-0.2, -0.15) is 0 Å². The predicted octanol–water partition coefficient (Wildman–Crippen LogP) is 1.53. The molecule has 0 N–H and O–H groups in total. The van der Waals surface area contributed by atoms with Crippen molar-refractivity contribution >= 4 is 0 Å². The van der Waals surface area contributed by atoms with Gasteiger partial charge in [0.2, 0.25) is 0 Å². The highest BCUT2D eigenvalue weighted by Crippen LogP contribution is 2.39. The molecule has 0 aromatic carbocycles. The van der Waals surface area contributed by atoms with Gasteiger partial charge in [-0.15, -0.1) is 0 Å². The van der Waals surface area contributed by atoms with Crippen molar-refractivity contribution in [2.75, 3.05) is 7.11 Å². The summed E-state index contributed by atoms with van der Waals surface area (Å²) in [6.45, 7) is 8.02. The molecule has 2 aliphatic rings. The van der Waals surface area contributed by atoms with Crippen molar-refractivity contribution in [1.82, 2.24) is 0 Å². The van der Waals surface area contributed by atoms with Crippen LogP contribution >= 0.6 is 0 Å². The molecule has 0 unspecified atom stereocenters. The molecule has 2 fully saturated rings. The molecule has 5 atom stereocenters. The Morgan fingerprint density at radius 2 is 1.67 bits per heavy atom. The van der Waals surface area contributed by atoms with Crippen LogP contribution in [0.2, 0.25) is 0 Å². The number of methoxy groups -OCH3 is 1. The van der Waals surface area contributed by atoms with Gasteiger partial charge in [-0.25, -0.2) is 0 Å². The Kier molecular flexibility index (Phi) is 2.79. The van der Waals surface area contributed by atoms with Crippen molar-refractivity contribution in [3.05, 3.63) is 0 Å². The van der Waals surface area contributed by atoms with E-state index >= 15 is 0 Å². The minimum atomic E-state index is -0.534. The molecule has 2 heterocycles. The largest absolute Gasteiger partial charge is 0.353 e. The number of hydrogen-bond acceptors (Lipinski definition) is 4. The van der Waals surface area contributed by atoms with Crippen molar-refractivity contribution in [3.63, 3.8) is 0 Å². The molecule has 0 aromatic rings. The Balaban J connectivity index is 2.18. The second kappa shape index (κ2) is 3.70. The molecule has 0 radical (unpaired) electrons. The third-order valence-electron chi connectivity index (χ3n) is 3.27. The highest BCUT2D eigenvalue weighted by molar-refractivity contribution is 4.92. The molecule has 0 spiro atoms. The predicted molar refractivity (Wildman–Crippen MR) is 54.3 cm³/mol. The van der Waals surface area contributed by atoms with Crippen molar-refractivity contribution in [2.45, 2.75) is 58.1 Å². The summed E-state index contributed by atoms with van der Waals surface area (Å²) in [5.74, 6) is -0.212. The van der Waals surface area contributed by atoms with Gasteiger partial charge in [0.15, 0.2) is 12.1 Å². The zero-order valence-corrected chi connectivity index (χ0v) is 10.0. The quantitative estimate of drug-likeness (QED) is 0.666. The van der Waals surface area contributed by atoms with E-state index in [2.05, 4.69) is 6.92 Å². The van der Waals surface area contributed by atoms with Crippen LogP contribution in [0.25, 0.3) is 0 Å². The molecule has 88 valence electrons. The minimum absolute atomic E-state index is 0.0636. The third-order valence-corrected chi connectivity index (χ3v) is 3.27. The first-order chi connectivity index (χ1) is 6.94. The maximum Gasteiger partial charge on any atom is 0.186 e. The van der Waals surface area contributed by atoms with Crippen LogP contribution in [-0.4, -0.2) is 37.5 Å². The molecule has 0 saturated carbocycles. The van der Waals surface area contributed by atoms with Crippen LogP contribution in [0, 0.1) is 5.92 Å². The van der Waals surface area contributed by atoms with E-state index < -0.39 is 5.79 Å². The first-order valence-electron chi connectivity index (χ1n) is 5.48. The third kappa shape index (κ3) is 1.91. The molecule has 4 nitrogen and oxygen atoms in total. The van der Waals surface area contributed by atoms with E-state index in [-0.39, 0.29) is 24.6 Å². The van der Waals surface area contributed by atoms with Gasteiger partial charge < -0.3 is 18.9 Å². The van der Waals surface area contributed by atoms with E-state index in [9.17, 15) is 0 Å². The highest BCUT2D eigenvalue weighted by Gasteiger charge is 2.52. The molecule has 0 aromatic heterocycles. The summed E-state index contributed by atoms with van der Waals surface area (Å²) in [5, 5.41) is 0. The molecule has 0 aliphatic carbocycles. The topological polar surface area (TPSA) is 36.9 Å². The summed E-state index contributed by atoms with van der Waals surface area (Å²) in [5.41, 5.74) is 0. The molecular weight excluding hydrogens is 196 g/mol. The zero-order valence-electron chi connectivity index (χ0n) is 10.0. The Hall–Kier alpha value is -0.160. The summed E-state index contributed by atoms with van der Waals surface area (Å²) < 4.78 is 22.7. The number of rotatable bonds is 1. The van der Waals surface area contributed by atoms with Gasteiger partial charge in [0.05, 0.1) is 12.2 Å². The Labute approximate surface area is 90.8 Å². The van der Waals surface area contributed by atoms with E-state index in [1.54, 1.807) is 7.11 Å². The van der Waals surface area contributed by atoms with Gasteiger partial charge >= 0.3 is 0 Å². The number of ether oxygens (including phenoxy) is 4. The highest BCUT2D eigenvalue weighted by atomic mass is 16.8. The SMILES string of the molecule is CO[C@@H]1O[C@@H](C)[C@H](C)[C@H]2OC(C)(C)O[C@@H]12. The maximum atomic E-state index is 5.89. The van der Waals surface area contributed by atoms with E-state index in [0.717, 1.165) is 0 Å². The van der Waals surface area contributed by atoms with Crippen LogP contribution in [0.4, 0.5) is 0 Å². The second-order valence-corrected chi connectivity index (χ2v) is 4.87. The van der Waals surface area contributed by atoms with Gasteiger partial charge in [0.1, 0.15) is 6.10 Å². The van der Waals surface area contributed by atoms with Gasteiger partial charge in [-0.05, 0) is 20.8 Å². The van der Waals surface area contributed by atoms with Gasteiger partial charge in [0.25, 0.3) is 0 Å². The van der Waals surface area contributed by atoms with Crippen molar-refractivity contribution in [3.8, 4) is 0 Å². The maximum absolute atomic E-state index is 5.89. The van der Waals surface area contributed by atoms with Crippen LogP contribution in [0.15, 0.2) is 0 Å². The first-order valence-corrected chi connectivity index (χ1v) is 5.48. The molecule has 2 saturated heterocycles. The Morgan fingerprint density at radius 3 is 2.27 bits per heavy atom. The van der Waals surface area contributed by atoms with Crippen LogP contribution in [0.5, 0.6) is 0 Å². The molecule has 4 heteroatoms. The lowest BCUT2D eigenvalue weighted by Crippen LogP contribution is -2.51.